The minimum absolute atomic E-state index is 0.0806. The van der Waals surface area contributed by atoms with Crippen molar-refractivity contribution in [3.8, 4) is 0 Å². The Bertz CT molecular complexity index is 940. The van der Waals surface area contributed by atoms with E-state index in [1.54, 1.807) is 22.7 Å². The molecule has 1 aliphatic rings. The minimum atomic E-state index is -0.649. The lowest BCUT2D eigenvalue weighted by Crippen LogP contribution is -2.41. The third kappa shape index (κ3) is 3.61. The van der Waals surface area contributed by atoms with Crippen molar-refractivity contribution in [1.29, 1.82) is 0 Å². The lowest BCUT2D eigenvalue weighted by molar-refractivity contribution is -0.122. The van der Waals surface area contributed by atoms with Gasteiger partial charge in [-0.3, -0.25) is 9.69 Å². The Kier molecular flexibility index (Phi) is 4.98. The van der Waals surface area contributed by atoms with Crippen LogP contribution in [0.2, 0.25) is 0 Å². The SMILES string of the molecule is O=C(OCC(=O)N1c2ccccc2SC[C@@H]1c1ccccc1)c1ccco1. The fourth-order valence-corrected chi connectivity index (χ4v) is 4.25. The van der Waals surface area contributed by atoms with Crippen LogP contribution in [-0.4, -0.2) is 24.2 Å². The van der Waals surface area contributed by atoms with Crippen LogP contribution in [0.3, 0.4) is 0 Å². The summed E-state index contributed by atoms with van der Waals surface area (Å²) in [5.74, 6) is -0.100. The molecule has 1 amide bonds. The van der Waals surface area contributed by atoms with Crippen molar-refractivity contribution in [2.75, 3.05) is 17.3 Å². The normalized spacial score (nSPS) is 15.9. The highest BCUT2D eigenvalue weighted by molar-refractivity contribution is 7.99. The van der Waals surface area contributed by atoms with Gasteiger partial charge in [0, 0.05) is 10.6 Å². The zero-order valence-corrected chi connectivity index (χ0v) is 15.2. The van der Waals surface area contributed by atoms with Gasteiger partial charge in [-0.2, -0.15) is 0 Å². The van der Waals surface area contributed by atoms with Crippen LogP contribution in [0.4, 0.5) is 5.69 Å². The van der Waals surface area contributed by atoms with E-state index in [4.69, 9.17) is 9.15 Å². The summed E-state index contributed by atoms with van der Waals surface area (Å²) in [7, 11) is 0. The Morgan fingerprint density at radius 2 is 1.81 bits per heavy atom. The molecule has 0 saturated heterocycles. The second-order valence-corrected chi connectivity index (χ2v) is 7.08. The summed E-state index contributed by atoms with van der Waals surface area (Å²) in [5.41, 5.74) is 1.88. The van der Waals surface area contributed by atoms with E-state index >= 15 is 0 Å². The second-order valence-electron chi connectivity index (χ2n) is 6.02. The summed E-state index contributed by atoms with van der Waals surface area (Å²) in [6.45, 7) is -0.345. The molecule has 0 spiro atoms. The summed E-state index contributed by atoms with van der Waals surface area (Å²) >= 11 is 1.72. The van der Waals surface area contributed by atoms with Gasteiger partial charge in [0.05, 0.1) is 18.0 Å². The number of esters is 1. The first-order valence-electron chi connectivity index (χ1n) is 8.53. The van der Waals surface area contributed by atoms with E-state index < -0.39 is 5.97 Å². The number of furan rings is 1. The van der Waals surface area contributed by atoms with Crippen molar-refractivity contribution in [3.63, 3.8) is 0 Å². The molecule has 5 nitrogen and oxygen atoms in total. The Morgan fingerprint density at radius 3 is 2.59 bits per heavy atom. The monoisotopic (exact) mass is 379 g/mol. The van der Waals surface area contributed by atoms with E-state index in [1.807, 2.05) is 54.6 Å². The first-order valence-corrected chi connectivity index (χ1v) is 9.52. The Morgan fingerprint density at radius 1 is 1.04 bits per heavy atom. The van der Waals surface area contributed by atoms with Crippen LogP contribution in [0.15, 0.2) is 82.3 Å². The van der Waals surface area contributed by atoms with Crippen LogP contribution >= 0.6 is 11.8 Å². The number of carbonyl (C=O) groups excluding carboxylic acids is 2. The largest absolute Gasteiger partial charge is 0.457 e. The standard InChI is InChI=1S/C21H17NO4S/c23-20(13-26-21(24)18-10-6-12-25-18)22-16-9-4-5-11-19(16)27-14-17(22)15-7-2-1-3-8-15/h1-12,17H,13-14H2/t17-/m1/s1. The van der Waals surface area contributed by atoms with E-state index in [9.17, 15) is 9.59 Å². The number of para-hydroxylation sites is 1. The number of fused-ring (bicyclic) bond motifs is 1. The lowest BCUT2D eigenvalue weighted by Gasteiger charge is -2.37. The van der Waals surface area contributed by atoms with Crippen LogP contribution in [0.25, 0.3) is 0 Å². The number of carbonyl (C=O) groups is 2. The molecule has 27 heavy (non-hydrogen) atoms. The van der Waals surface area contributed by atoms with E-state index in [-0.39, 0.29) is 24.3 Å². The zero-order chi connectivity index (χ0) is 18.6. The van der Waals surface area contributed by atoms with Crippen LogP contribution < -0.4 is 4.90 Å². The van der Waals surface area contributed by atoms with Crippen molar-refractivity contribution >= 4 is 29.3 Å². The maximum atomic E-state index is 13.0. The number of amides is 1. The van der Waals surface area contributed by atoms with Crippen LogP contribution in [0, 0.1) is 0 Å². The number of nitrogens with zero attached hydrogens (tertiary/aromatic N) is 1. The Hall–Kier alpha value is -2.99. The number of benzene rings is 2. The zero-order valence-electron chi connectivity index (χ0n) is 14.4. The van der Waals surface area contributed by atoms with Gasteiger partial charge in [-0.1, -0.05) is 42.5 Å². The average Bonchev–Trinajstić information content (AvgIpc) is 3.26. The van der Waals surface area contributed by atoms with Crippen molar-refractivity contribution in [2.45, 2.75) is 10.9 Å². The molecule has 0 radical (unpaired) electrons. The van der Waals surface area contributed by atoms with Gasteiger partial charge >= 0.3 is 5.97 Å². The highest BCUT2D eigenvalue weighted by Crippen LogP contribution is 2.43. The Labute approximate surface area is 160 Å². The fourth-order valence-electron chi connectivity index (χ4n) is 3.08. The first kappa shape index (κ1) is 17.4. The van der Waals surface area contributed by atoms with E-state index in [2.05, 4.69) is 0 Å². The number of hydrogen-bond donors (Lipinski definition) is 0. The molecule has 0 unspecified atom stereocenters. The minimum Gasteiger partial charge on any atom is -0.457 e. The molecule has 1 atom stereocenters. The molecule has 0 N–H and O–H groups in total. The van der Waals surface area contributed by atoms with Crippen LogP contribution in [-0.2, 0) is 9.53 Å². The predicted molar refractivity (Wildman–Crippen MR) is 103 cm³/mol. The van der Waals surface area contributed by atoms with Gasteiger partial charge in [-0.25, -0.2) is 4.79 Å². The molecular formula is C21H17NO4S. The molecule has 0 bridgehead atoms. The van der Waals surface area contributed by atoms with E-state index in [1.165, 1.54) is 12.3 Å². The van der Waals surface area contributed by atoms with Crippen LogP contribution in [0.5, 0.6) is 0 Å². The second kappa shape index (κ2) is 7.72. The molecule has 2 aromatic carbocycles. The van der Waals surface area contributed by atoms with Gasteiger partial charge in [0.1, 0.15) is 0 Å². The highest BCUT2D eigenvalue weighted by Gasteiger charge is 2.33. The quantitative estimate of drug-likeness (QED) is 0.632. The Balaban J connectivity index is 1.59. The summed E-state index contributed by atoms with van der Waals surface area (Å²) in [6, 6.07) is 20.6. The summed E-state index contributed by atoms with van der Waals surface area (Å²) in [4.78, 5) is 27.8. The van der Waals surface area contributed by atoms with Crippen molar-refractivity contribution in [3.05, 3.63) is 84.3 Å². The highest BCUT2D eigenvalue weighted by atomic mass is 32.2. The number of thioether (sulfide) groups is 1. The number of ether oxygens (including phenoxy) is 1. The number of hydrogen-bond acceptors (Lipinski definition) is 5. The van der Waals surface area contributed by atoms with Crippen LogP contribution in [0.1, 0.15) is 22.2 Å². The number of anilines is 1. The summed E-state index contributed by atoms with van der Waals surface area (Å²) in [5, 5.41) is 0. The molecule has 0 aliphatic carbocycles. The molecule has 136 valence electrons. The molecule has 6 heteroatoms. The van der Waals surface area contributed by atoms with Gasteiger partial charge in [-0.05, 0) is 29.8 Å². The smallest absolute Gasteiger partial charge is 0.374 e. The van der Waals surface area contributed by atoms with Crippen molar-refractivity contribution in [2.24, 2.45) is 0 Å². The first-order chi connectivity index (χ1) is 13.2. The summed E-state index contributed by atoms with van der Waals surface area (Å²) < 4.78 is 10.2. The number of rotatable bonds is 4. The van der Waals surface area contributed by atoms with Crippen molar-refractivity contribution < 1.29 is 18.7 Å². The molecular weight excluding hydrogens is 362 g/mol. The molecule has 1 aromatic heterocycles. The molecule has 4 rings (SSSR count). The van der Waals surface area contributed by atoms with E-state index in [0.29, 0.717) is 0 Å². The van der Waals surface area contributed by atoms with Gasteiger partial charge < -0.3 is 9.15 Å². The molecule has 2 heterocycles. The third-order valence-corrected chi connectivity index (χ3v) is 5.47. The predicted octanol–water partition coefficient (Wildman–Crippen LogP) is 4.32. The van der Waals surface area contributed by atoms with Gasteiger partial charge in [0.25, 0.3) is 5.91 Å². The maximum Gasteiger partial charge on any atom is 0.374 e. The lowest BCUT2D eigenvalue weighted by atomic mass is 10.1. The molecule has 3 aromatic rings. The maximum absolute atomic E-state index is 13.0. The van der Waals surface area contributed by atoms with Gasteiger partial charge in [0.15, 0.2) is 6.61 Å². The van der Waals surface area contributed by atoms with Gasteiger partial charge in [0.2, 0.25) is 5.76 Å². The van der Waals surface area contributed by atoms with E-state index in [0.717, 1.165) is 21.9 Å². The topological polar surface area (TPSA) is 59.8 Å². The average molecular weight is 379 g/mol. The van der Waals surface area contributed by atoms with Crippen molar-refractivity contribution in [1.82, 2.24) is 0 Å². The molecule has 0 saturated carbocycles. The fraction of sp³-hybridized carbons (Fsp3) is 0.143. The molecule has 0 fully saturated rings. The van der Waals surface area contributed by atoms with Gasteiger partial charge in [-0.15, -0.1) is 11.8 Å². The molecule has 1 aliphatic heterocycles. The summed E-state index contributed by atoms with van der Waals surface area (Å²) in [6.07, 6.45) is 1.39. The third-order valence-electron chi connectivity index (χ3n) is 4.34.